The molecule has 2 aromatic rings. The van der Waals surface area contributed by atoms with Crippen molar-refractivity contribution in [2.24, 2.45) is 5.73 Å². The molecule has 1 saturated heterocycles. The van der Waals surface area contributed by atoms with Crippen molar-refractivity contribution in [3.8, 4) is 0 Å². The number of pyridine rings is 1. The number of benzene rings is 1. The van der Waals surface area contributed by atoms with Crippen molar-refractivity contribution in [3.63, 3.8) is 0 Å². The normalized spacial score (nSPS) is 15.7. The molecule has 1 aromatic carbocycles. The Balaban J connectivity index is 2.14. The molecule has 2 N–H and O–H groups in total. The van der Waals surface area contributed by atoms with Crippen LogP contribution in [0.1, 0.15) is 24.8 Å². The van der Waals surface area contributed by atoms with E-state index in [0.717, 1.165) is 35.4 Å². The summed E-state index contributed by atoms with van der Waals surface area (Å²) in [5.41, 5.74) is 7.78. The minimum absolute atomic E-state index is 0.429. The number of thiocarbonyl (C=S) groups is 1. The van der Waals surface area contributed by atoms with Crippen molar-refractivity contribution in [3.05, 3.63) is 35.9 Å². The van der Waals surface area contributed by atoms with E-state index in [0.29, 0.717) is 4.99 Å². The van der Waals surface area contributed by atoms with Gasteiger partial charge in [-0.1, -0.05) is 30.4 Å². The summed E-state index contributed by atoms with van der Waals surface area (Å²) < 4.78 is 0. The third-order valence-corrected chi connectivity index (χ3v) is 3.84. The van der Waals surface area contributed by atoms with Gasteiger partial charge in [0.05, 0.1) is 11.1 Å². The van der Waals surface area contributed by atoms with Crippen LogP contribution >= 0.6 is 12.2 Å². The summed E-state index contributed by atoms with van der Waals surface area (Å²) in [7, 11) is 0. The Morgan fingerprint density at radius 1 is 1.16 bits per heavy atom. The van der Waals surface area contributed by atoms with Crippen LogP contribution in [-0.4, -0.2) is 23.1 Å². The fourth-order valence-electron chi connectivity index (χ4n) is 2.63. The van der Waals surface area contributed by atoms with Crippen LogP contribution in [0.25, 0.3) is 10.9 Å². The molecular weight excluding hydrogens is 254 g/mol. The molecule has 1 aliphatic rings. The third-order valence-electron chi connectivity index (χ3n) is 3.62. The highest BCUT2D eigenvalue weighted by Gasteiger charge is 2.18. The van der Waals surface area contributed by atoms with E-state index in [-0.39, 0.29) is 0 Å². The second kappa shape index (κ2) is 5.13. The Labute approximate surface area is 118 Å². The van der Waals surface area contributed by atoms with Gasteiger partial charge in [-0.2, -0.15) is 0 Å². The average molecular weight is 271 g/mol. The van der Waals surface area contributed by atoms with Crippen LogP contribution in [0.2, 0.25) is 0 Å². The summed E-state index contributed by atoms with van der Waals surface area (Å²) in [6.07, 6.45) is 3.73. The van der Waals surface area contributed by atoms with Crippen molar-refractivity contribution in [1.82, 2.24) is 4.98 Å². The van der Waals surface area contributed by atoms with E-state index < -0.39 is 0 Å². The zero-order chi connectivity index (χ0) is 13.2. The smallest absolute Gasteiger partial charge is 0.139 e. The fourth-order valence-corrected chi connectivity index (χ4v) is 2.78. The molecule has 4 heteroatoms. The summed E-state index contributed by atoms with van der Waals surface area (Å²) in [5, 5.41) is 1.09. The minimum Gasteiger partial charge on any atom is -0.389 e. The second-order valence-corrected chi connectivity index (χ2v) is 5.40. The predicted octanol–water partition coefficient (Wildman–Crippen LogP) is 2.86. The van der Waals surface area contributed by atoms with Crippen LogP contribution in [0.15, 0.2) is 30.3 Å². The maximum absolute atomic E-state index is 5.88. The Kier molecular flexibility index (Phi) is 3.34. The van der Waals surface area contributed by atoms with Crippen LogP contribution in [0, 0.1) is 0 Å². The van der Waals surface area contributed by atoms with Crippen LogP contribution < -0.4 is 10.6 Å². The van der Waals surface area contributed by atoms with Crippen LogP contribution in [0.5, 0.6) is 0 Å². The number of hydrogen-bond acceptors (Lipinski definition) is 3. The van der Waals surface area contributed by atoms with E-state index in [9.17, 15) is 0 Å². The van der Waals surface area contributed by atoms with E-state index in [1.807, 2.05) is 24.3 Å². The molecule has 3 rings (SSSR count). The number of nitrogens with two attached hydrogens (primary N) is 1. The lowest BCUT2D eigenvalue weighted by Gasteiger charge is -2.29. The molecule has 1 aliphatic heterocycles. The van der Waals surface area contributed by atoms with Gasteiger partial charge in [0.25, 0.3) is 0 Å². The topological polar surface area (TPSA) is 42.1 Å². The van der Waals surface area contributed by atoms with Crippen molar-refractivity contribution in [2.75, 3.05) is 18.0 Å². The van der Waals surface area contributed by atoms with Gasteiger partial charge >= 0.3 is 0 Å². The van der Waals surface area contributed by atoms with Gasteiger partial charge in [0, 0.05) is 18.5 Å². The van der Waals surface area contributed by atoms with Crippen molar-refractivity contribution >= 4 is 33.9 Å². The number of aromatic nitrogens is 1. The first-order valence-corrected chi connectivity index (χ1v) is 7.11. The quantitative estimate of drug-likeness (QED) is 0.853. The first kappa shape index (κ1) is 12.4. The van der Waals surface area contributed by atoms with Crippen LogP contribution in [0.3, 0.4) is 0 Å². The standard InChI is InChI=1S/C15H17N3S/c16-14(19)12-10-11-6-2-3-7-13(11)17-15(12)18-8-4-1-5-9-18/h2-3,6-7,10H,1,4-5,8-9H2,(H2,16,19). The largest absolute Gasteiger partial charge is 0.389 e. The SMILES string of the molecule is NC(=S)c1cc2ccccc2nc1N1CCCCC1. The number of fused-ring (bicyclic) bond motifs is 1. The van der Waals surface area contributed by atoms with Gasteiger partial charge in [0.1, 0.15) is 10.8 Å². The fraction of sp³-hybridized carbons (Fsp3) is 0.333. The van der Waals surface area contributed by atoms with Crippen LogP contribution in [-0.2, 0) is 0 Å². The predicted molar refractivity (Wildman–Crippen MR) is 83.7 cm³/mol. The van der Waals surface area contributed by atoms with E-state index in [1.165, 1.54) is 19.3 Å². The minimum atomic E-state index is 0.429. The number of piperidine rings is 1. The first-order chi connectivity index (χ1) is 9.25. The molecule has 3 nitrogen and oxygen atoms in total. The number of rotatable bonds is 2. The van der Waals surface area contributed by atoms with E-state index in [1.54, 1.807) is 0 Å². The van der Waals surface area contributed by atoms with Crippen molar-refractivity contribution < 1.29 is 0 Å². The van der Waals surface area contributed by atoms with E-state index >= 15 is 0 Å². The van der Waals surface area contributed by atoms with Crippen molar-refractivity contribution in [2.45, 2.75) is 19.3 Å². The first-order valence-electron chi connectivity index (χ1n) is 6.70. The summed E-state index contributed by atoms with van der Waals surface area (Å²) in [6, 6.07) is 10.2. The molecule has 98 valence electrons. The lowest BCUT2D eigenvalue weighted by atomic mass is 10.1. The molecular formula is C15H17N3S. The second-order valence-electron chi connectivity index (χ2n) is 4.96. The molecule has 2 heterocycles. The molecule has 0 radical (unpaired) electrons. The van der Waals surface area contributed by atoms with Gasteiger partial charge in [-0.15, -0.1) is 0 Å². The molecule has 0 saturated carbocycles. The number of nitrogens with zero attached hydrogens (tertiary/aromatic N) is 2. The summed E-state index contributed by atoms with van der Waals surface area (Å²) >= 11 is 5.19. The van der Waals surface area contributed by atoms with Gasteiger partial charge in [-0.05, 0) is 31.4 Å². The number of para-hydroxylation sites is 1. The summed E-state index contributed by atoms with van der Waals surface area (Å²) in [4.78, 5) is 7.52. The highest BCUT2D eigenvalue weighted by Crippen LogP contribution is 2.26. The molecule has 0 unspecified atom stereocenters. The molecule has 19 heavy (non-hydrogen) atoms. The van der Waals surface area contributed by atoms with Gasteiger partial charge in [-0.25, -0.2) is 4.98 Å². The van der Waals surface area contributed by atoms with Crippen molar-refractivity contribution in [1.29, 1.82) is 0 Å². The van der Waals surface area contributed by atoms with Gasteiger partial charge < -0.3 is 10.6 Å². The molecule has 1 fully saturated rings. The van der Waals surface area contributed by atoms with Gasteiger partial charge in [-0.3, -0.25) is 0 Å². The molecule has 1 aromatic heterocycles. The maximum atomic E-state index is 5.88. The number of hydrogen-bond donors (Lipinski definition) is 1. The molecule has 0 aliphatic carbocycles. The number of anilines is 1. The Bertz CT molecular complexity index is 618. The zero-order valence-corrected chi connectivity index (χ0v) is 11.6. The molecule has 0 amide bonds. The Morgan fingerprint density at radius 2 is 1.89 bits per heavy atom. The van der Waals surface area contributed by atoms with Gasteiger partial charge in [0.2, 0.25) is 0 Å². The zero-order valence-electron chi connectivity index (χ0n) is 10.8. The lowest BCUT2D eigenvalue weighted by molar-refractivity contribution is 0.574. The Hall–Kier alpha value is -1.68. The van der Waals surface area contributed by atoms with E-state index in [4.69, 9.17) is 22.9 Å². The average Bonchev–Trinajstić information content (AvgIpc) is 2.46. The van der Waals surface area contributed by atoms with E-state index in [2.05, 4.69) is 11.0 Å². The molecule has 0 spiro atoms. The lowest BCUT2D eigenvalue weighted by Crippen LogP contribution is -2.32. The highest BCUT2D eigenvalue weighted by molar-refractivity contribution is 7.80. The highest BCUT2D eigenvalue weighted by atomic mass is 32.1. The molecule has 0 bridgehead atoms. The maximum Gasteiger partial charge on any atom is 0.139 e. The Morgan fingerprint density at radius 3 is 2.63 bits per heavy atom. The monoisotopic (exact) mass is 271 g/mol. The molecule has 0 atom stereocenters. The third kappa shape index (κ3) is 2.40. The van der Waals surface area contributed by atoms with Crippen LogP contribution in [0.4, 0.5) is 5.82 Å². The summed E-state index contributed by atoms with van der Waals surface area (Å²) in [6.45, 7) is 2.09. The van der Waals surface area contributed by atoms with Gasteiger partial charge in [0.15, 0.2) is 0 Å². The summed E-state index contributed by atoms with van der Waals surface area (Å²) in [5.74, 6) is 0.950.